The van der Waals surface area contributed by atoms with Crippen LogP contribution in [0.25, 0.3) is 0 Å². The molecule has 2 atom stereocenters. The number of benzene rings is 1. The molecule has 1 aliphatic heterocycles. The molecule has 3 N–H and O–H groups in total. The maximum Gasteiger partial charge on any atom is 0.278 e. The summed E-state index contributed by atoms with van der Waals surface area (Å²) in [7, 11) is 1.53. The molecule has 2 fully saturated rings. The Morgan fingerprint density at radius 3 is 2.94 bits per heavy atom. The molecule has 1 aromatic heterocycles. The molecule has 2 unspecified atom stereocenters. The summed E-state index contributed by atoms with van der Waals surface area (Å²) in [4.78, 5) is 26.0. The van der Waals surface area contributed by atoms with E-state index in [1.165, 1.54) is 12.0 Å². The number of para-hydroxylation sites is 1. The second-order valence-corrected chi connectivity index (χ2v) is 7.81. The highest BCUT2D eigenvalue weighted by Crippen LogP contribution is 2.44. The SMILES string of the molecule is COCCN1CC(=O)/C(=N/Nc2cccc(C3CCCC(c4nnn[nH]4)C3)c2O)C1=O. The number of nitrogens with zero attached hydrogens (tertiary/aromatic N) is 5. The lowest BCUT2D eigenvalue weighted by atomic mass is 9.77. The Kier molecular flexibility index (Phi) is 6.21. The fourth-order valence-electron chi connectivity index (χ4n) is 4.24. The number of H-pyrrole nitrogens is 1. The third-order valence-corrected chi connectivity index (χ3v) is 5.87. The number of likely N-dealkylation sites (tertiary alicyclic amines) is 1. The summed E-state index contributed by atoms with van der Waals surface area (Å²) in [5, 5.41) is 29.1. The van der Waals surface area contributed by atoms with Crippen LogP contribution in [0, 0.1) is 0 Å². The second-order valence-electron chi connectivity index (χ2n) is 7.81. The molecule has 4 rings (SSSR count). The number of methoxy groups -OCH3 is 1. The van der Waals surface area contributed by atoms with Crippen molar-refractivity contribution in [3.63, 3.8) is 0 Å². The number of hydrogen-bond acceptors (Lipinski definition) is 9. The maximum atomic E-state index is 12.4. The average Bonchev–Trinajstić information content (AvgIpc) is 3.41. The molecule has 11 heteroatoms. The molecule has 1 aromatic carbocycles. The number of carbonyl (C=O) groups is 2. The Labute approximate surface area is 178 Å². The molecule has 0 bridgehead atoms. The van der Waals surface area contributed by atoms with Crippen molar-refractivity contribution in [2.75, 3.05) is 32.2 Å². The first-order valence-electron chi connectivity index (χ1n) is 10.3. The molecule has 0 spiro atoms. The number of nitrogens with one attached hydrogen (secondary N) is 2. The van der Waals surface area contributed by atoms with Crippen LogP contribution < -0.4 is 5.43 Å². The summed E-state index contributed by atoms with van der Waals surface area (Å²) in [6.07, 6.45) is 3.74. The number of aromatic nitrogens is 4. The van der Waals surface area contributed by atoms with Crippen LogP contribution in [0.1, 0.15) is 48.9 Å². The number of aromatic amines is 1. The van der Waals surface area contributed by atoms with Gasteiger partial charge in [0.25, 0.3) is 5.91 Å². The van der Waals surface area contributed by atoms with Crippen LogP contribution in [-0.2, 0) is 14.3 Å². The molecule has 2 aliphatic rings. The maximum absolute atomic E-state index is 12.4. The third-order valence-electron chi connectivity index (χ3n) is 5.87. The fraction of sp³-hybridized carbons (Fsp3) is 0.500. The summed E-state index contributed by atoms with van der Waals surface area (Å²) in [6.45, 7) is 0.647. The molecule has 31 heavy (non-hydrogen) atoms. The summed E-state index contributed by atoms with van der Waals surface area (Å²) < 4.78 is 4.96. The topological polar surface area (TPSA) is 146 Å². The number of hydrogen-bond donors (Lipinski definition) is 3. The van der Waals surface area contributed by atoms with Gasteiger partial charge in [0.15, 0.2) is 11.5 Å². The number of ether oxygens (including phenoxy) is 1. The molecule has 1 amide bonds. The van der Waals surface area contributed by atoms with Crippen LogP contribution in [0.15, 0.2) is 23.3 Å². The van der Waals surface area contributed by atoms with E-state index in [-0.39, 0.29) is 35.6 Å². The predicted octanol–water partition coefficient (Wildman–Crippen LogP) is 1.17. The minimum Gasteiger partial charge on any atom is -0.505 e. The Morgan fingerprint density at radius 1 is 1.32 bits per heavy atom. The van der Waals surface area contributed by atoms with Crippen molar-refractivity contribution in [3.8, 4) is 5.75 Å². The van der Waals surface area contributed by atoms with E-state index in [1.807, 2.05) is 12.1 Å². The van der Waals surface area contributed by atoms with E-state index >= 15 is 0 Å². The zero-order chi connectivity index (χ0) is 21.8. The van der Waals surface area contributed by atoms with Gasteiger partial charge in [-0.15, -0.1) is 5.10 Å². The molecule has 1 saturated heterocycles. The highest BCUT2D eigenvalue weighted by molar-refractivity contribution is 6.69. The van der Waals surface area contributed by atoms with Gasteiger partial charge in [-0.1, -0.05) is 18.6 Å². The van der Waals surface area contributed by atoms with E-state index in [2.05, 4.69) is 31.2 Å². The van der Waals surface area contributed by atoms with Gasteiger partial charge < -0.3 is 14.7 Å². The molecule has 2 heterocycles. The van der Waals surface area contributed by atoms with Gasteiger partial charge in [-0.25, -0.2) is 5.10 Å². The summed E-state index contributed by atoms with van der Waals surface area (Å²) in [5.41, 5.74) is 3.69. The molecular weight excluding hydrogens is 402 g/mol. The smallest absolute Gasteiger partial charge is 0.278 e. The zero-order valence-electron chi connectivity index (χ0n) is 17.2. The Hall–Kier alpha value is -3.34. The fourth-order valence-corrected chi connectivity index (χ4v) is 4.24. The number of phenolic OH excluding ortho intramolecular Hbond substituents is 1. The van der Waals surface area contributed by atoms with E-state index in [1.54, 1.807) is 6.07 Å². The number of anilines is 1. The van der Waals surface area contributed by atoms with Crippen molar-refractivity contribution in [1.82, 2.24) is 25.5 Å². The normalized spacial score (nSPS) is 23.0. The van der Waals surface area contributed by atoms with E-state index < -0.39 is 5.91 Å². The molecule has 164 valence electrons. The monoisotopic (exact) mass is 427 g/mol. The van der Waals surface area contributed by atoms with Crippen molar-refractivity contribution >= 4 is 23.1 Å². The lowest BCUT2D eigenvalue weighted by Gasteiger charge is -2.28. The minimum atomic E-state index is -0.444. The van der Waals surface area contributed by atoms with Crippen LogP contribution in [0.3, 0.4) is 0 Å². The highest BCUT2D eigenvalue weighted by Gasteiger charge is 2.35. The molecule has 11 nitrogen and oxygen atoms in total. The van der Waals surface area contributed by atoms with E-state index in [9.17, 15) is 14.7 Å². The van der Waals surface area contributed by atoms with Crippen molar-refractivity contribution in [1.29, 1.82) is 0 Å². The number of carbonyl (C=O) groups excluding carboxylic acids is 2. The van der Waals surface area contributed by atoms with Crippen LogP contribution in [0.5, 0.6) is 5.75 Å². The Morgan fingerprint density at radius 2 is 2.16 bits per heavy atom. The van der Waals surface area contributed by atoms with Crippen LogP contribution in [0.4, 0.5) is 5.69 Å². The van der Waals surface area contributed by atoms with E-state index in [0.717, 1.165) is 37.1 Å². The number of ketones is 1. The molecular formula is C20H25N7O4. The Bertz CT molecular complexity index is 976. The quantitative estimate of drug-likeness (QED) is 0.441. The number of hydrazone groups is 1. The molecule has 2 aromatic rings. The summed E-state index contributed by atoms with van der Waals surface area (Å²) in [5.74, 6) is 0.374. The summed E-state index contributed by atoms with van der Waals surface area (Å²) in [6, 6.07) is 5.37. The second kappa shape index (κ2) is 9.21. The zero-order valence-corrected chi connectivity index (χ0v) is 17.2. The van der Waals surface area contributed by atoms with Crippen molar-refractivity contribution < 1.29 is 19.4 Å². The minimum absolute atomic E-state index is 0.0192. The van der Waals surface area contributed by atoms with Crippen LogP contribution in [0.2, 0.25) is 0 Å². The molecule has 0 radical (unpaired) electrons. The largest absolute Gasteiger partial charge is 0.505 e. The number of aromatic hydroxyl groups is 1. The lowest BCUT2D eigenvalue weighted by Crippen LogP contribution is -2.30. The van der Waals surface area contributed by atoms with Gasteiger partial charge in [-0.2, -0.15) is 5.10 Å². The first kappa shape index (κ1) is 20.9. The average molecular weight is 427 g/mol. The molecule has 1 aliphatic carbocycles. The number of tetrazole rings is 1. The number of rotatable bonds is 7. The molecule has 1 saturated carbocycles. The summed E-state index contributed by atoms with van der Waals surface area (Å²) >= 11 is 0. The predicted molar refractivity (Wildman–Crippen MR) is 111 cm³/mol. The van der Waals surface area contributed by atoms with E-state index in [4.69, 9.17) is 4.74 Å². The van der Waals surface area contributed by atoms with Crippen LogP contribution >= 0.6 is 0 Å². The van der Waals surface area contributed by atoms with Gasteiger partial charge in [0.1, 0.15) is 5.75 Å². The van der Waals surface area contributed by atoms with E-state index in [0.29, 0.717) is 18.8 Å². The first-order valence-corrected chi connectivity index (χ1v) is 10.3. The third kappa shape index (κ3) is 4.41. The van der Waals surface area contributed by atoms with Crippen LogP contribution in [-0.4, -0.2) is 74.8 Å². The van der Waals surface area contributed by atoms with Gasteiger partial charge in [0.05, 0.1) is 18.8 Å². The van der Waals surface area contributed by atoms with Gasteiger partial charge in [-0.05, 0) is 47.2 Å². The Balaban J connectivity index is 1.48. The van der Waals surface area contributed by atoms with Gasteiger partial charge in [0.2, 0.25) is 5.78 Å². The first-order chi connectivity index (χ1) is 15.1. The van der Waals surface area contributed by atoms with Crippen molar-refractivity contribution in [2.45, 2.75) is 37.5 Å². The van der Waals surface area contributed by atoms with Gasteiger partial charge in [0, 0.05) is 19.6 Å². The van der Waals surface area contributed by atoms with Crippen molar-refractivity contribution in [2.24, 2.45) is 5.10 Å². The van der Waals surface area contributed by atoms with Gasteiger partial charge in [-0.3, -0.25) is 15.0 Å². The number of Topliss-reactive ketones (excluding diaryl/α,β-unsaturated/α-hetero) is 1. The van der Waals surface area contributed by atoms with Gasteiger partial charge >= 0.3 is 0 Å². The van der Waals surface area contributed by atoms with Crippen molar-refractivity contribution in [3.05, 3.63) is 29.6 Å². The number of phenols is 1. The standard InChI is InChI=1S/C20H25N7O4/c1-31-9-8-27-11-16(28)17(20(27)30)22-21-15-7-3-6-14(18(15)29)12-4-2-5-13(10-12)19-23-25-26-24-19/h3,6-7,12-13,21,29H,2,4-5,8-11H2,1H3,(H,23,24,25,26)/b22-17-. The highest BCUT2D eigenvalue weighted by atomic mass is 16.5. The number of amides is 1. The lowest BCUT2D eigenvalue weighted by molar-refractivity contribution is -0.123.